The number of nitrogens with two attached hydrogens (primary N) is 1. The van der Waals surface area contributed by atoms with Gasteiger partial charge in [-0.2, -0.15) is 5.10 Å². The van der Waals surface area contributed by atoms with E-state index < -0.39 is 6.09 Å². The number of amides is 1. The minimum atomic E-state index is -0.727. The summed E-state index contributed by atoms with van der Waals surface area (Å²) in [4.78, 5) is 10.5. The number of benzene rings is 1. The predicted octanol–water partition coefficient (Wildman–Crippen LogP) is 2.49. The Hall–Kier alpha value is -2.54. The number of hydrogen-bond acceptors (Lipinski definition) is 5. The molecular formula is C19H28N4O3. The molecule has 0 atom stereocenters. The molecule has 1 aromatic carbocycles. The molecule has 1 heterocycles. The van der Waals surface area contributed by atoms with Crippen LogP contribution in [0.25, 0.3) is 11.3 Å². The lowest BCUT2D eigenvalue weighted by Gasteiger charge is -2.11. The van der Waals surface area contributed by atoms with E-state index in [1.807, 2.05) is 43.9 Å². The summed E-state index contributed by atoms with van der Waals surface area (Å²) in [7, 11) is 1.95. The van der Waals surface area contributed by atoms with Gasteiger partial charge in [-0.1, -0.05) is 0 Å². The molecule has 0 aliphatic heterocycles. The Bertz CT molecular complexity index is 695. The van der Waals surface area contributed by atoms with Gasteiger partial charge in [0.2, 0.25) is 0 Å². The number of primary amides is 1. The molecule has 3 N–H and O–H groups in total. The second-order valence-corrected chi connectivity index (χ2v) is 6.35. The van der Waals surface area contributed by atoms with E-state index in [1.165, 1.54) is 5.56 Å². The zero-order chi connectivity index (χ0) is 18.9. The van der Waals surface area contributed by atoms with E-state index in [4.69, 9.17) is 15.2 Å². The highest BCUT2D eigenvalue weighted by Gasteiger charge is 2.11. The first-order valence-corrected chi connectivity index (χ1v) is 8.88. The Morgan fingerprint density at radius 3 is 2.65 bits per heavy atom. The predicted molar refractivity (Wildman–Crippen MR) is 101 cm³/mol. The number of carbonyl (C=O) groups excluding carboxylic acids is 1. The summed E-state index contributed by atoms with van der Waals surface area (Å²) in [5, 5.41) is 7.73. The van der Waals surface area contributed by atoms with Crippen molar-refractivity contribution in [2.24, 2.45) is 12.8 Å². The number of rotatable bonds is 10. The monoisotopic (exact) mass is 360 g/mol. The standard InChI is InChI=1S/C19H28N4O3/c1-14(2)26-17-7-5-15(6-8-17)18-16(13-22-23(18)3)9-11-21-10-4-12-25-19(20)24/h5-8,13-14,21H,4,9-12H2,1-3H3,(H2,20,24). The van der Waals surface area contributed by atoms with Crippen LogP contribution >= 0.6 is 0 Å². The largest absolute Gasteiger partial charge is 0.491 e. The van der Waals surface area contributed by atoms with Gasteiger partial charge in [0.25, 0.3) is 0 Å². The molecule has 1 aromatic heterocycles. The van der Waals surface area contributed by atoms with Crippen LogP contribution in [0.15, 0.2) is 30.5 Å². The van der Waals surface area contributed by atoms with Crippen LogP contribution in [-0.4, -0.2) is 41.7 Å². The van der Waals surface area contributed by atoms with Gasteiger partial charge in [-0.25, -0.2) is 4.79 Å². The molecule has 0 saturated carbocycles. The summed E-state index contributed by atoms with van der Waals surface area (Å²) >= 11 is 0. The fourth-order valence-corrected chi connectivity index (χ4v) is 2.72. The maximum Gasteiger partial charge on any atom is 0.404 e. The summed E-state index contributed by atoms with van der Waals surface area (Å²) < 4.78 is 12.3. The van der Waals surface area contributed by atoms with Crippen LogP contribution in [0.2, 0.25) is 0 Å². The summed E-state index contributed by atoms with van der Waals surface area (Å²) in [6.45, 7) is 5.96. The van der Waals surface area contributed by atoms with E-state index in [2.05, 4.69) is 22.5 Å². The molecule has 142 valence electrons. The average molecular weight is 360 g/mol. The molecule has 0 saturated heterocycles. The Morgan fingerprint density at radius 1 is 1.27 bits per heavy atom. The molecule has 1 amide bonds. The van der Waals surface area contributed by atoms with E-state index in [-0.39, 0.29) is 6.10 Å². The van der Waals surface area contributed by atoms with Gasteiger partial charge in [-0.15, -0.1) is 0 Å². The third-order valence-electron chi connectivity index (χ3n) is 3.83. The fraction of sp³-hybridized carbons (Fsp3) is 0.474. The summed E-state index contributed by atoms with van der Waals surface area (Å²) in [6.07, 6.45) is 2.94. The van der Waals surface area contributed by atoms with Gasteiger partial charge >= 0.3 is 6.09 Å². The molecular weight excluding hydrogens is 332 g/mol. The normalized spacial score (nSPS) is 10.9. The first kappa shape index (κ1) is 19.8. The third kappa shape index (κ3) is 6.07. The van der Waals surface area contributed by atoms with Crippen LogP contribution in [0, 0.1) is 0 Å². The van der Waals surface area contributed by atoms with Crippen molar-refractivity contribution < 1.29 is 14.3 Å². The lowest BCUT2D eigenvalue weighted by atomic mass is 10.1. The van der Waals surface area contributed by atoms with Crippen LogP contribution in [0.3, 0.4) is 0 Å². The van der Waals surface area contributed by atoms with Crippen LogP contribution in [0.1, 0.15) is 25.8 Å². The van der Waals surface area contributed by atoms with Crippen molar-refractivity contribution in [3.8, 4) is 17.0 Å². The van der Waals surface area contributed by atoms with Crippen molar-refractivity contribution in [1.82, 2.24) is 15.1 Å². The van der Waals surface area contributed by atoms with Crippen LogP contribution < -0.4 is 15.8 Å². The quantitative estimate of drug-likeness (QED) is 0.635. The van der Waals surface area contributed by atoms with Crippen molar-refractivity contribution in [2.45, 2.75) is 32.8 Å². The van der Waals surface area contributed by atoms with Crippen LogP contribution in [0.4, 0.5) is 4.79 Å². The molecule has 2 aromatic rings. The van der Waals surface area contributed by atoms with Gasteiger partial charge < -0.3 is 20.5 Å². The molecule has 0 radical (unpaired) electrons. The molecule has 0 bridgehead atoms. The Balaban J connectivity index is 1.89. The molecule has 7 nitrogen and oxygen atoms in total. The lowest BCUT2D eigenvalue weighted by Crippen LogP contribution is -2.21. The Morgan fingerprint density at radius 2 is 2.00 bits per heavy atom. The number of aryl methyl sites for hydroxylation is 1. The zero-order valence-electron chi connectivity index (χ0n) is 15.7. The van der Waals surface area contributed by atoms with Gasteiger partial charge in [0.15, 0.2) is 0 Å². The molecule has 0 fully saturated rings. The molecule has 0 aliphatic carbocycles. The molecule has 0 aliphatic rings. The summed E-state index contributed by atoms with van der Waals surface area (Å²) in [5.74, 6) is 0.868. The van der Waals surface area contributed by atoms with E-state index in [0.29, 0.717) is 6.61 Å². The van der Waals surface area contributed by atoms with Crippen LogP contribution in [-0.2, 0) is 18.2 Å². The molecule has 0 unspecified atom stereocenters. The van der Waals surface area contributed by atoms with Crippen LogP contribution in [0.5, 0.6) is 5.75 Å². The highest BCUT2D eigenvalue weighted by Crippen LogP contribution is 2.26. The van der Waals surface area contributed by atoms with Gasteiger partial charge in [-0.3, -0.25) is 4.68 Å². The molecule has 2 rings (SSSR count). The number of hydrogen-bond donors (Lipinski definition) is 2. The number of nitrogens with zero attached hydrogens (tertiary/aromatic N) is 2. The summed E-state index contributed by atoms with van der Waals surface area (Å²) in [6, 6.07) is 8.10. The second-order valence-electron chi connectivity index (χ2n) is 6.35. The Labute approximate surface area is 154 Å². The SMILES string of the molecule is CC(C)Oc1ccc(-c2c(CCNCCCOC(N)=O)cnn2C)cc1. The maximum absolute atomic E-state index is 10.5. The maximum atomic E-state index is 10.5. The highest BCUT2D eigenvalue weighted by molar-refractivity contribution is 5.64. The minimum Gasteiger partial charge on any atom is -0.491 e. The number of nitrogens with one attached hydrogen (secondary N) is 1. The van der Waals surface area contributed by atoms with Crippen molar-refractivity contribution in [1.29, 1.82) is 0 Å². The fourth-order valence-electron chi connectivity index (χ4n) is 2.72. The number of carbonyl (C=O) groups is 1. The molecule has 0 spiro atoms. The van der Waals surface area contributed by atoms with E-state index in [9.17, 15) is 4.79 Å². The molecule has 26 heavy (non-hydrogen) atoms. The lowest BCUT2D eigenvalue weighted by molar-refractivity contribution is 0.155. The van der Waals surface area contributed by atoms with Crippen molar-refractivity contribution in [2.75, 3.05) is 19.7 Å². The molecule has 7 heteroatoms. The minimum absolute atomic E-state index is 0.160. The first-order chi connectivity index (χ1) is 12.5. The number of aromatic nitrogens is 2. The Kier molecular flexibility index (Phi) is 7.47. The summed E-state index contributed by atoms with van der Waals surface area (Å²) in [5.41, 5.74) is 8.33. The van der Waals surface area contributed by atoms with E-state index in [0.717, 1.165) is 42.9 Å². The van der Waals surface area contributed by atoms with E-state index in [1.54, 1.807) is 0 Å². The van der Waals surface area contributed by atoms with Crippen molar-refractivity contribution in [3.05, 3.63) is 36.0 Å². The van der Waals surface area contributed by atoms with E-state index >= 15 is 0 Å². The topological polar surface area (TPSA) is 91.4 Å². The first-order valence-electron chi connectivity index (χ1n) is 8.88. The number of ether oxygens (including phenoxy) is 2. The van der Waals surface area contributed by atoms with Gasteiger partial charge in [0.05, 0.1) is 24.6 Å². The average Bonchev–Trinajstić information content (AvgIpc) is 2.95. The van der Waals surface area contributed by atoms with Crippen molar-refractivity contribution in [3.63, 3.8) is 0 Å². The van der Waals surface area contributed by atoms with Crippen molar-refractivity contribution >= 4 is 6.09 Å². The zero-order valence-corrected chi connectivity index (χ0v) is 15.7. The van der Waals surface area contributed by atoms with Gasteiger partial charge in [0.1, 0.15) is 5.75 Å². The highest BCUT2D eigenvalue weighted by atomic mass is 16.5. The van der Waals surface area contributed by atoms with Gasteiger partial charge in [0, 0.05) is 12.6 Å². The smallest absolute Gasteiger partial charge is 0.404 e. The van der Waals surface area contributed by atoms with Gasteiger partial charge in [-0.05, 0) is 69.6 Å². The third-order valence-corrected chi connectivity index (χ3v) is 3.83. The second kappa shape index (κ2) is 9.82.